The molecule has 0 aromatic carbocycles. The molecule has 0 N–H and O–H groups in total. The van der Waals surface area contributed by atoms with Crippen molar-refractivity contribution in [1.82, 2.24) is 0 Å². The number of hydrogen-bond donors (Lipinski definition) is 0. The lowest BCUT2D eigenvalue weighted by molar-refractivity contribution is 0.567. The molecule has 0 unspecified atom stereocenters. The van der Waals surface area contributed by atoms with Crippen LogP contribution >= 0.6 is 0 Å². The van der Waals surface area contributed by atoms with E-state index in [1.165, 1.54) is 57.8 Å². The van der Waals surface area contributed by atoms with Crippen LogP contribution in [0.15, 0.2) is 18.2 Å². The van der Waals surface area contributed by atoms with E-state index >= 15 is 0 Å². The van der Waals surface area contributed by atoms with Gasteiger partial charge >= 0.3 is 0 Å². The predicted octanol–water partition coefficient (Wildman–Crippen LogP) is 5.24. The number of hydrogen-bond acceptors (Lipinski definition) is 1. The second-order valence-corrected chi connectivity index (χ2v) is 4.63. The SMILES string of the molecule is CCCCCC/C=C/CCCCCCC=C=O. The van der Waals surface area contributed by atoms with Crippen LogP contribution in [0.5, 0.6) is 0 Å². The van der Waals surface area contributed by atoms with Gasteiger partial charge in [-0.25, -0.2) is 4.79 Å². The zero-order valence-corrected chi connectivity index (χ0v) is 11.4. The molecule has 0 aromatic rings. The van der Waals surface area contributed by atoms with Crippen molar-refractivity contribution >= 4 is 5.94 Å². The molecule has 0 aromatic heterocycles. The molecule has 0 fully saturated rings. The average molecular weight is 236 g/mol. The van der Waals surface area contributed by atoms with E-state index in [4.69, 9.17) is 0 Å². The standard InChI is InChI=1S/C16H28O/c1-2-3-4-5-6-7-8-9-10-11-12-13-14-15-16-17/h7-8,15H,2-6,9-14H2,1H3/b8-7+. The Labute approximate surface area is 107 Å². The van der Waals surface area contributed by atoms with Gasteiger partial charge in [-0.15, -0.1) is 0 Å². The third kappa shape index (κ3) is 15.2. The van der Waals surface area contributed by atoms with Gasteiger partial charge in [0.25, 0.3) is 0 Å². The second-order valence-electron chi connectivity index (χ2n) is 4.63. The Balaban J connectivity index is 3.06. The molecule has 0 heterocycles. The fourth-order valence-electron chi connectivity index (χ4n) is 1.85. The molecule has 0 radical (unpaired) electrons. The lowest BCUT2D eigenvalue weighted by atomic mass is 10.1. The Morgan fingerprint density at radius 2 is 1.29 bits per heavy atom. The van der Waals surface area contributed by atoms with Crippen LogP contribution < -0.4 is 0 Å². The number of unbranched alkanes of at least 4 members (excludes halogenated alkanes) is 9. The van der Waals surface area contributed by atoms with E-state index in [1.807, 2.05) is 5.94 Å². The molecule has 0 bridgehead atoms. The van der Waals surface area contributed by atoms with Crippen LogP contribution in [0.4, 0.5) is 0 Å². The van der Waals surface area contributed by atoms with Crippen molar-refractivity contribution < 1.29 is 4.79 Å². The Hall–Kier alpha value is -0.810. The molecule has 17 heavy (non-hydrogen) atoms. The summed E-state index contributed by atoms with van der Waals surface area (Å²) in [6, 6.07) is 0. The Kier molecular flexibility index (Phi) is 14.5. The number of carbonyl (C=O) groups excluding carboxylic acids is 1. The summed E-state index contributed by atoms with van der Waals surface area (Å²) in [6.45, 7) is 2.25. The van der Waals surface area contributed by atoms with Gasteiger partial charge in [0.2, 0.25) is 0 Å². The topological polar surface area (TPSA) is 17.1 Å². The highest BCUT2D eigenvalue weighted by atomic mass is 16.1. The first-order valence-electron chi connectivity index (χ1n) is 7.26. The molecule has 0 aliphatic carbocycles. The van der Waals surface area contributed by atoms with E-state index in [2.05, 4.69) is 19.1 Å². The Bertz CT molecular complexity index is 212. The highest BCUT2D eigenvalue weighted by Crippen LogP contribution is 2.07. The van der Waals surface area contributed by atoms with Crippen LogP contribution in [0, 0.1) is 0 Å². The summed E-state index contributed by atoms with van der Waals surface area (Å²) in [7, 11) is 0. The van der Waals surface area contributed by atoms with Gasteiger partial charge in [-0.1, -0.05) is 51.2 Å². The summed E-state index contributed by atoms with van der Waals surface area (Å²) < 4.78 is 0. The van der Waals surface area contributed by atoms with Gasteiger partial charge in [-0.3, -0.25) is 0 Å². The minimum Gasteiger partial charge on any atom is -0.234 e. The molecule has 1 nitrogen and oxygen atoms in total. The minimum atomic E-state index is 0.900. The van der Waals surface area contributed by atoms with E-state index < -0.39 is 0 Å². The zero-order valence-electron chi connectivity index (χ0n) is 11.4. The second kappa shape index (κ2) is 15.2. The highest BCUT2D eigenvalue weighted by Gasteiger charge is 1.88. The van der Waals surface area contributed by atoms with E-state index in [0.717, 1.165) is 12.8 Å². The fraction of sp³-hybridized carbons (Fsp3) is 0.750. The van der Waals surface area contributed by atoms with Crippen LogP contribution in [0.2, 0.25) is 0 Å². The van der Waals surface area contributed by atoms with Crippen LogP contribution in [0.25, 0.3) is 0 Å². The van der Waals surface area contributed by atoms with Crippen molar-refractivity contribution in [2.75, 3.05) is 0 Å². The summed E-state index contributed by atoms with van der Waals surface area (Å²) in [5.41, 5.74) is 0. The molecule has 0 atom stereocenters. The molecule has 0 saturated heterocycles. The molecule has 0 aliphatic rings. The van der Waals surface area contributed by atoms with Crippen molar-refractivity contribution in [2.24, 2.45) is 0 Å². The van der Waals surface area contributed by atoms with Gasteiger partial charge in [-0.05, 0) is 44.6 Å². The maximum absolute atomic E-state index is 9.92. The molecule has 0 saturated carbocycles. The van der Waals surface area contributed by atoms with Gasteiger partial charge in [-0.2, -0.15) is 0 Å². The van der Waals surface area contributed by atoms with Crippen molar-refractivity contribution in [3.8, 4) is 0 Å². The third-order valence-electron chi connectivity index (χ3n) is 2.94. The van der Waals surface area contributed by atoms with Crippen molar-refractivity contribution in [1.29, 1.82) is 0 Å². The van der Waals surface area contributed by atoms with E-state index in [1.54, 1.807) is 6.08 Å². The fourth-order valence-corrected chi connectivity index (χ4v) is 1.85. The van der Waals surface area contributed by atoms with E-state index in [9.17, 15) is 4.79 Å². The van der Waals surface area contributed by atoms with Gasteiger partial charge < -0.3 is 0 Å². The first kappa shape index (κ1) is 16.2. The molecular formula is C16H28O. The molecule has 98 valence electrons. The first-order chi connectivity index (χ1) is 8.41. The van der Waals surface area contributed by atoms with Crippen molar-refractivity contribution in [3.63, 3.8) is 0 Å². The summed E-state index contributed by atoms with van der Waals surface area (Å²) in [4.78, 5) is 9.92. The maximum atomic E-state index is 9.92. The third-order valence-corrected chi connectivity index (χ3v) is 2.94. The van der Waals surface area contributed by atoms with E-state index in [-0.39, 0.29) is 0 Å². The zero-order chi connectivity index (χ0) is 12.6. The summed E-state index contributed by atoms with van der Waals surface area (Å²) >= 11 is 0. The van der Waals surface area contributed by atoms with Gasteiger partial charge in [0, 0.05) is 0 Å². The molecule has 0 spiro atoms. The Morgan fingerprint density at radius 3 is 1.82 bits per heavy atom. The smallest absolute Gasteiger partial charge is 0.120 e. The van der Waals surface area contributed by atoms with Crippen LogP contribution in [0.1, 0.15) is 77.6 Å². The molecule has 0 aliphatic heterocycles. The molecule has 1 heteroatoms. The summed E-state index contributed by atoms with van der Waals surface area (Å²) in [6.07, 6.45) is 20.0. The Morgan fingerprint density at radius 1 is 0.765 bits per heavy atom. The van der Waals surface area contributed by atoms with Crippen LogP contribution in [0.3, 0.4) is 0 Å². The van der Waals surface area contributed by atoms with Crippen LogP contribution in [-0.4, -0.2) is 5.94 Å². The van der Waals surface area contributed by atoms with E-state index in [0.29, 0.717) is 0 Å². The lowest BCUT2D eigenvalue weighted by Crippen LogP contribution is -1.77. The van der Waals surface area contributed by atoms with Gasteiger partial charge in [0.05, 0.1) is 0 Å². The largest absolute Gasteiger partial charge is 0.234 e. The monoisotopic (exact) mass is 236 g/mol. The molecule has 0 amide bonds. The van der Waals surface area contributed by atoms with Crippen molar-refractivity contribution in [3.05, 3.63) is 18.2 Å². The first-order valence-corrected chi connectivity index (χ1v) is 7.26. The maximum Gasteiger partial charge on any atom is 0.120 e. The number of allylic oxidation sites excluding steroid dienone is 3. The highest BCUT2D eigenvalue weighted by molar-refractivity contribution is 5.44. The summed E-state index contributed by atoms with van der Waals surface area (Å²) in [5.74, 6) is 1.82. The predicted molar refractivity (Wildman–Crippen MR) is 75.9 cm³/mol. The van der Waals surface area contributed by atoms with Crippen LogP contribution in [-0.2, 0) is 4.79 Å². The normalized spacial score (nSPS) is 10.6. The molecule has 0 rings (SSSR count). The van der Waals surface area contributed by atoms with Gasteiger partial charge in [0.15, 0.2) is 0 Å². The average Bonchev–Trinajstić information content (AvgIpc) is 2.35. The lowest BCUT2D eigenvalue weighted by Gasteiger charge is -1.97. The van der Waals surface area contributed by atoms with Gasteiger partial charge in [0.1, 0.15) is 5.94 Å². The minimum absolute atomic E-state index is 0.900. The molecular weight excluding hydrogens is 208 g/mol. The number of rotatable bonds is 12. The van der Waals surface area contributed by atoms with Crippen molar-refractivity contribution in [2.45, 2.75) is 77.6 Å². The summed E-state index contributed by atoms with van der Waals surface area (Å²) in [5, 5.41) is 0. The quantitative estimate of drug-likeness (QED) is 0.257.